The second-order valence-corrected chi connectivity index (χ2v) is 14.4. The van der Waals surface area contributed by atoms with Crippen LogP contribution in [0.5, 0.6) is 0 Å². The van der Waals surface area contributed by atoms with E-state index < -0.39 is 0 Å². The summed E-state index contributed by atoms with van der Waals surface area (Å²) in [4.78, 5) is 34.4. The first-order chi connectivity index (χ1) is 26.3. The summed E-state index contributed by atoms with van der Waals surface area (Å²) in [7, 11) is 3.60. The van der Waals surface area contributed by atoms with E-state index in [0.29, 0.717) is 6.54 Å². The van der Waals surface area contributed by atoms with Crippen LogP contribution in [-0.4, -0.2) is 56.6 Å². The summed E-state index contributed by atoms with van der Waals surface area (Å²) in [5.41, 5.74) is 9.37. The number of halogens is 1. The van der Waals surface area contributed by atoms with Gasteiger partial charge in [0.05, 0.1) is 18.3 Å². The third-order valence-electron chi connectivity index (χ3n) is 8.73. The molecule has 3 heterocycles. The Bertz CT molecular complexity index is 1880. The normalized spacial score (nSPS) is 14.9. The number of carbonyl (C=O) groups excluding carboxylic acids is 2. The Morgan fingerprint density at radius 3 is 2.42 bits per heavy atom. The summed E-state index contributed by atoms with van der Waals surface area (Å²) in [5.74, 6) is 0.993. The average Bonchev–Trinajstić information content (AvgIpc) is 3.36. The van der Waals surface area contributed by atoms with Crippen molar-refractivity contribution in [2.75, 3.05) is 37.4 Å². The number of rotatable bonds is 10. The first-order valence-corrected chi connectivity index (χ1v) is 19.4. The molecule has 1 fully saturated rings. The van der Waals surface area contributed by atoms with Crippen LogP contribution in [-0.2, 0) is 9.59 Å². The lowest BCUT2D eigenvalue weighted by atomic mass is 10.00. The summed E-state index contributed by atoms with van der Waals surface area (Å²) >= 11 is 7.81. The van der Waals surface area contributed by atoms with Crippen molar-refractivity contribution in [1.82, 2.24) is 16.0 Å². The van der Waals surface area contributed by atoms with Gasteiger partial charge in [0.15, 0.2) is 0 Å². The molecule has 1 unspecified atom stereocenters. The van der Waals surface area contributed by atoms with E-state index in [9.17, 15) is 9.59 Å². The van der Waals surface area contributed by atoms with Crippen molar-refractivity contribution < 1.29 is 9.59 Å². The zero-order valence-corrected chi connectivity index (χ0v) is 35.0. The van der Waals surface area contributed by atoms with Crippen LogP contribution < -0.4 is 26.2 Å². The Hall–Kier alpha value is -5.03. The number of allylic oxidation sites excluding steroid dienone is 2. The maximum atomic E-state index is 11.0. The largest absolute Gasteiger partial charge is 0.359 e. The van der Waals surface area contributed by atoms with Gasteiger partial charge in [0.25, 0.3) is 0 Å². The van der Waals surface area contributed by atoms with Crippen molar-refractivity contribution in [2.45, 2.75) is 65.8 Å². The Labute approximate surface area is 337 Å². The number of hydrogen-bond donors (Lipinski definition) is 4. The molecule has 9 nitrogen and oxygen atoms in total. The number of hydrogen-bond acceptors (Lipinski definition) is 7. The number of fused-ring (bicyclic) bond motifs is 1. The fraction of sp³-hybridized carbons (Fsp3) is 0.318. The maximum absolute atomic E-state index is 11.0. The molecule has 11 heteroatoms. The van der Waals surface area contributed by atoms with E-state index in [-0.39, 0.29) is 17.9 Å². The number of amides is 2. The molecule has 2 aliphatic heterocycles. The molecule has 2 aromatic carbocycles. The molecule has 1 atom stereocenters. The van der Waals surface area contributed by atoms with Crippen molar-refractivity contribution >= 4 is 63.1 Å². The number of anilines is 2. The van der Waals surface area contributed by atoms with Gasteiger partial charge in [-0.25, -0.2) is 0 Å². The van der Waals surface area contributed by atoms with E-state index in [1.807, 2.05) is 68.6 Å². The van der Waals surface area contributed by atoms with E-state index in [0.717, 1.165) is 94.1 Å². The minimum Gasteiger partial charge on any atom is -0.359 e. The number of aryl methyl sites for hydroxylation is 1. The fourth-order valence-corrected chi connectivity index (χ4v) is 6.99. The Kier molecular flexibility index (Phi) is 19.9. The van der Waals surface area contributed by atoms with E-state index in [2.05, 4.69) is 84.5 Å². The maximum Gasteiger partial charge on any atom is 0.241 e. The monoisotopic (exact) mass is 783 g/mol. The molecule has 1 aromatic heterocycles. The molecular weight excluding hydrogens is 726 g/mol. The quantitative estimate of drug-likeness (QED) is 0.0709. The third kappa shape index (κ3) is 14.3. The van der Waals surface area contributed by atoms with Crippen LogP contribution in [0, 0.1) is 13.8 Å². The number of nitrogens with one attached hydrogen (secondary N) is 4. The fourth-order valence-electron chi connectivity index (χ4n) is 5.61. The molecule has 0 spiro atoms. The van der Waals surface area contributed by atoms with E-state index in [4.69, 9.17) is 16.6 Å². The van der Waals surface area contributed by atoms with Gasteiger partial charge in [0.1, 0.15) is 10.8 Å². The van der Waals surface area contributed by atoms with Crippen LogP contribution in [0.4, 0.5) is 10.7 Å². The van der Waals surface area contributed by atoms with E-state index in [1.165, 1.54) is 22.9 Å². The number of nitrogens with zero attached hydrogens (tertiary/aromatic N) is 3. The lowest BCUT2D eigenvalue weighted by Crippen LogP contribution is -2.45. The Morgan fingerprint density at radius 2 is 1.82 bits per heavy atom. The van der Waals surface area contributed by atoms with Crippen molar-refractivity contribution in [3.8, 4) is 0 Å². The number of aliphatic imine (C=N–C) groups is 2. The molecule has 0 aliphatic carbocycles. The third-order valence-corrected chi connectivity index (χ3v) is 10.2. The molecule has 5 rings (SSSR count). The van der Waals surface area contributed by atoms with E-state index in [1.54, 1.807) is 18.4 Å². The molecule has 0 bridgehead atoms. The van der Waals surface area contributed by atoms with E-state index >= 15 is 0 Å². The summed E-state index contributed by atoms with van der Waals surface area (Å²) in [5, 5.41) is 13.5. The second-order valence-electron chi connectivity index (χ2n) is 12.8. The molecule has 294 valence electrons. The predicted molar refractivity (Wildman–Crippen MR) is 239 cm³/mol. The van der Waals surface area contributed by atoms with Crippen LogP contribution in [0.3, 0.4) is 0 Å². The Morgan fingerprint density at radius 1 is 1.13 bits per heavy atom. The standard InChI is InChI=1S/C19H20ClN3S.C16H22N2O.C7H12N2O.C2H4/c1-11-10-22-18(15-6-8-16(20)9-7-15)17-12(2)13(3)24-19(17)23(11)14(4)21-5;1-4-15-9-7-10-16(12-15)18-13(2)8-5-6-11-17-14(3)19;1-5-3-4-6(8-2)7(10)9-5;1-2/h6-9H,1,10H2,2-5H3;4,7,9-10,12,18H,1-2,5-6,8,11H2,3H3,(H,17,19);6,8H,1,3-4H2,2H3,(H,9,10);1-2H2. The van der Waals surface area contributed by atoms with Crippen molar-refractivity contribution in [2.24, 2.45) is 9.98 Å². The van der Waals surface area contributed by atoms with Gasteiger partial charge in [-0.3, -0.25) is 24.5 Å². The van der Waals surface area contributed by atoms with Crippen molar-refractivity contribution in [3.05, 3.63) is 137 Å². The first-order valence-electron chi connectivity index (χ1n) is 18.2. The van der Waals surface area contributed by atoms with Gasteiger partial charge in [-0.15, -0.1) is 24.5 Å². The molecule has 1 saturated heterocycles. The number of benzene rings is 2. The number of likely N-dealkylation sites (N-methyl/N-ethyl adjacent to an activating group) is 1. The highest BCUT2D eigenvalue weighted by Gasteiger charge is 2.28. The van der Waals surface area contributed by atoms with Crippen LogP contribution in [0.2, 0.25) is 5.02 Å². The predicted octanol–water partition coefficient (Wildman–Crippen LogP) is 9.60. The second kappa shape index (κ2) is 23.7. The molecule has 0 saturated carbocycles. The van der Waals surface area contributed by atoms with Gasteiger partial charge >= 0.3 is 0 Å². The molecular formula is C44H58ClN7O2S. The summed E-state index contributed by atoms with van der Waals surface area (Å²) in [6.45, 7) is 30.8. The molecule has 2 amide bonds. The molecule has 55 heavy (non-hydrogen) atoms. The summed E-state index contributed by atoms with van der Waals surface area (Å²) < 4.78 is 0. The number of amidine groups is 1. The minimum absolute atomic E-state index is 0.0227. The number of unbranched alkanes of at least 4 members (excludes halogenated alkanes) is 1. The lowest BCUT2D eigenvalue weighted by Gasteiger charge is -2.23. The zero-order valence-electron chi connectivity index (χ0n) is 33.4. The highest BCUT2D eigenvalue weighted by Crippen LogP contribution is 2.40. The van der Waals surface area contributed by atoms with Gasteiger partial charge in [0, 0.05) is 64.3 Å². The molecule has 2 aliphatic rings. The Balaban J connectivity index is 0.000000300. The molecule has 4 N–H and O–H groups in total. The summed E-state index contributed by atoms with van der Waals surface area (Å²) in [6, 6.07) is 15.9. The number of carbonyl (C=O) groups is 2. The minimum atomic E-state index is -0.0227. The van der Waals surface area contributed by atoms with Crippen molar-refractivity contribution in [1.29, 1.82) is 0 Å². The number of piperidine rings is 1. The highest BCUT2D eigenvalue weighted by molar-refractivity contribution is 7.17. The lowest BCUT2D eigenvalue weighted by molar-refractivity contribution is -0.123. The van der Waals surface area contributed by atoms with Gasteiger partial charge in [-0.05, 0) is 95.3 Å². The van der Waals surface area contributed by atoms with Crippen LogP contribution in [0.25, 0.3) is 6.08 Å². The zero-order chi connectivity index (χ0) is 41.1. The smallest absolute Gasteiger partial charge is 0.241 e. The van der Waals surface area contributed by atoms with Gasteiger partial charge in [0.2, 0.25) is 11.8 Å². The topological polar surface area (TPSA) is 110 Å². The highest BCUT2D eigenvalue weighted by atomic mass is 35.5. The SMILES string of the molecule is C=C.C=C1CCC(NC)C(=O)N1.C=C1CN=C(c2ccc(Cl)cc2)c2c(sc(C)c2C)N1C(C)=NC.C=Cc1cccc(NC(=C)CCCCNC(C)=O)c1. The van der Waals surface area contributed by atoms with Crippen molar-refractivity contribution in [3.63, 3.8) is 0 Å². The summed E-state index contributed by atoms with van der Waals surface area (Å²) in [6.07, 6.45) is 6.44. The van der Waals surface area contributed by atoms with Crippen LogP contribution in [0.15, 0.2) is 115 Å². The first kappa shape index (κ1) is 46.1. The van der Waals surface area contributed by atoms with Crippen LogP contribution in [0.1, 0.15) is 73.1 Å². The van der Waals surface area contributed by atoms with Crippen LogP contribution >= 0.6 is 22.9 Å². The van der Waals surface area contributed by atoms with Gasteiger partial charge in [-0.2, -0.15) is 0 Å². The average molecular weight is 785 g/mol. The van der Waals surface area contributed by atoms with Gasteiger partial charge in [-0.1, -0.05) is 68.3 Å². The number of thiophene rings is 1. The van der Waals surface area contributed by atoms with Gasteiger partial charge < -0.3 is 21.3 Å². The molecule has 0 radical (unpaired) electrons. The molecule has 3 aromatic rings.